The van der Waals surface area contributed by atoms with Crippen molar-refractivity contribution < 1.29 is 4.74 Å². The number of hydrogen-bond donors (Lipinski definition) is 0. The third-order valence-electron chi connectivity index (χ3n) is 2.13. The van der Waals surface area contributed by atoms with Crippen LogP contribution in [0.4, 0.5) is 0 Å². The van der Waals surface area contributed by atoms with Crippen molar-refractivity contribution in [1.29, 1.82) is 0 Å². The van der Waals surface area contributed by atoms with Crippen LogP contribution < -0.4 is 0 Å². The molecule has 0 aromatic carbocycles. The van der Waals surface area contributed by atoms with Crippen LogP contribution in [0.3, 0.4) is 0 Å². The van der Waals surface area contributed by atoms with Gasteiger partial charge in [-0.15, -0.1) is 0 Å². The van der Waals surface area contributed by atoms with Crippen LogP contribution in [0.1, 0.15) is 13.3 Å². The van der Waals surface area contributed by atoms with E-state index in [1.54, 1.807) is 0 Å². The highest BCUT2D eigenvalue weighted by atomic mass is 16.5. The zero-order valence-electron chi connectivity index (χ0n) is 6.97. The van der Waals surface area contributed by atoms with Crippen LogP contribution in [0.5, 0.6) is 0 Å². The molecule has 60 valence electrons. The molecule has 2 heteroatoms. The maximum Gasteiger partial charge on any atom is 0.0507 e. The summed E-state index contributed by atoms with van der Waals surface area (Å²) < 4.78 is 5.28. The van der Waals surface area contributed by atoms with Crippen molar-refractivity contribution in [3.63, 3.8) is 0 Å². The molecule has 1 rings (SSSR count). The zero-order valence-corrected chi connectivity index (χ0v) is 6.97. The van der Waals surface area contributed by atoms with Gasteiger partial charge in [-0.2, -0.15) is 0 Å². The molecule has 1 unspecified atom stereocenters. The molecule has 1 atom stereocenters. The van der Waals surface area contributed by atoms with E-state index >= 15 is 0 Å². The second-order valence-electron chi connectivity index (χ2n) is 3.08. The Kier molecular flexibility index (Phi) is 3.16. The van der Waals surface area contributed by atoms with E-state index < -0.39 is 0 Å². The molecule has 0 spiro atoms. The molecule has 1 aliphatic rings. The molecule has 1 fully saturated rings. The van der Waals surface area contributed by atoms with E-state index in [0.717, 1.165) is 25.7 Å². The molecule has 10 heavy (non-hydrogen) atoms. The van der Waals surface area contributed by atoms with Gasteiger partial charge in [-0.25, -0.2) is 0 Å². The lowest BCUT2D eigenvalue weighted by Gasteiger charge is -2.17. The standard InChI is InChI=1S/C8H17NO/c1-3-9(2)6-8-4-5-10-7-8/h8H,3-7H2,1-2H3. The van der Waals surface area contributed by atoms with Crippen molar-refractivity contribution in [2.75, 3.05) is 33.4 Å². The summed E-state index contributed by atoms with van der Waals surface area (Å²) in [4.78, 5) is 2.35. The van der Waals surface area contributed by atoms with Crippen LogP contribution >= 0.6 is 0 Å². The maximum atomic E-state index is 5.28. The van der Waals surface area contributed by atoms with Crippen molar-refractivity contribution >= 4 is 0 Å². The number of nitrogens with zero attached hydrogens (tertiary/aromatic N) is 1. The minimum absolute atomic E-state index is 0.796. The summed E-state index contributed by atoms with van der Waals surface area (Å²) in [6.45, 7) is 6.50. The lowest BCUT2D eigenvalue weighted by atomic mass is 10.1. The molecule has 0 N–H and O–H groups in total. The Labute approximate surface area is 63.2 Å². The van der Waals surface area contributed by atoms with Crippen LogP contribution in [0.15, 0.2) is 0 Å². The van der Waals surface area contributed by atoms with Gasteiger partial charge in [-0.1, -0.05) is 6.92 Å². The molecule has 1 aliphatic heterocycles. The first-order valence-electron chi connectivity index (χ1n) is 4.09. The van der Waals surface area contributed by atoms with E-state index in [-0.39, 0.29) is 0 Å². The first-order chi connectivity index (χ1) is 4.83. The minimum Gasteiger partial charge on any atom is -0.381 e. The van der Waals surface area contributed by atoms with Crippen LogP contribution in [0, 0.1) is 5.92 Å². The molecule has 1 heterocycles. The Balaban J connectivity index is 2.11. The number of rotatable bonds is 3. The van der Waals surface area contributed by atoms with Crippen molar-refractivity contribution in [3.8, 4) is 0 Å². The van der Waals surface area contributed by atoms with Crippen LogP contribution in [0.25, 0.3) is 0 Å². The van der Waals surface area contributed by atoms with E-state index in [1.807, 2.05) is 0 Å². The van der Waals surface area contributed by atoms with E-state index in [1.165, 1.54) is 13.0 Å². The van der Waals surface area contributed by atoms with Gasteiger partial charge in [0, 0.05) is 13.2 Å². The average Bonchev–Trinajstić information content (AvgIpc) is 2.40. The maximum absolute atomic E-state index is 5.28. The quantitative estimate of drug-likeness (QED) is 0.584. The van der Waals surface area contributed by atoms with Gasteiger partial charge >= 0.3 is 0 Å². The molecule has 0 aliphatic carbocycles. The van der Waals surface area contributed by atoms with E-state index in [2.05, 4.69) is 18.9 Å². The first-order valence-corrected chi connectivity index (χ1v) is 4.09. The van der Waals surface area contributed by atoms with Crippen LogP contribution in [-0.4, -0.2) is 38.3 Å². The average molecular weight is 143 g/mol. The van der Waals surface area contributed by atoms with Gasteiger partial charge in [0.25, 0.3) is 0 Å². The fourth-order valence-corrected chi connectivity index (χ4v) is 1.30. The fourth-order valence-electron chi connectivity index (χ4n) is 1.30. The predicted molar refractivity (Wildman–Crippen MR) is 42.1 cm³/mol. The molecule has 0 amide bonds. The summed E-state index contributed by atoms with van der Waals surface area (Å²) in [5, 5.41) is 0. The highest BCUT2D eigenvalue weighted by Crippen LogP contribution is 2.12. The Morgan fingerprint density at radius 2 is 2.40 bits per heavy atom. The normalized spacial score (nSPS) is 26.1. The molecular formula is C8H17NO. The predicted octanol–water partition coefficient (Wildman–Crippen LogP) is 0.975. The summed E-state index contributed by atoms with van der Waals surface area (Å²) >= 11 is 0. The monoisotopic (exact) mass is 143 g/mol. The van der Waals surface area contributed by atoms with E-state index in [4.69, 9.17) is 4.74 Å². The number of ether oxygens (including phenoxy) is 1. The summed E-state index contributed by atoms with van der Waals surface area (Å²) in [5.74, 6) is 0.796. The second-order valence-corrected chi connectivity index (χ2v) is 3.08. The summed E-state index contributed by atoms with van der Waals surface area (Å²) in [6.07, 6.45) is 1.25. The molecule has 0 bridgehead atoms. The third-order valence-corrected chi connectivity index (χ3v) is 2.13. The largest absolute Gasteiger partial charge is 0.381 e. The second kappa shape index (κ2) is 3.94. The smallest absolute Gasteiger partial charge is 0.0507 e. The van der Waals surface area contributed by atoms with Gasteiger partial charge in [0.15, 0.2) is 0 Å². The van der Waals surface area contributed by atoms with Crippen molar-refractivity contribution in [2.24, 2.45) is 5.92 Å². The van der Waals surface area contributed by atoms with Crippen molar-refractivity contribution in [2.45, 2.75) is 13.3 Å². The summed E-state index contributed by atoms with van der Waals surface area (Å²) in [5.41, 5.74) is 0. The lowest BCUT2D eigenvalue weighted by Crippen LogP contribution is -2.25. The topological polar surface area (TPSA) is 12.5 Å². The molecule has 0 aromatic rings. The van der Waals surface area contributed by atoms with Gasteiger partial charge in [0.05, 0.1) is 6.61 Å². The van der Waals surface area contributed by atoms with E-state index in [9.17, 15) is 0 Å². The third kappa shape index (κ3) is 2.27. The van der Waals surface area contributed by atoms with Gasteiger partial charge in [0.1, 0.15) is 0 Å². The van der Waals surface area contributed by atoms with Gasteiger partial charge in [-0.3, -0.25) is 0 Å². The Morgan fingerprint density at radius 3 is 2.90 bits per heavy atom. The van der Waals surface area contributed by atoms with Crippen molar-refractivity contribution in [3.05, 3.63) is 0 Å². The van der Waals surface area contributed by atoms with Crippen LogP contribution in [-0.2, 0) is 4.74 Å². The Bertz CT molecular complexity index is 89.3. The SMILES string of the molecule is CCN(C)CC1CCOC1. The highest BCUT2D eigenvalue weighted by molar-refractivity contribution is 4.66. The molecule has 1 saturated heterocycles. The molecular weight excluding hydrogens is 126 g/mol. The zero-order chi connectivity index (χ0) is 7.40. The van der Waals surface area contributed by atoms with E-state index in [0.29, 0.717) is 0 Å². The first kappa shape index (κ1) is 8.02. The summed E-state index contributed by atoms with van der Waals surface area (Å²) in [7, 11) is 2.16. The molecule has 0 saturated carbocycles. The number of hydrogen-bond acceptors (Lipinski definition) is 2. The Hall–Kier alpha value is -0.0800. The summed E-state index contributed by atoms with van der Waals surface area (Å²) in [6, 6.07) is 0. The van der Waals surface area contributed by atoms with Gasteiger partial charge in [-0.05, 0) is 25.9 Å². The van der Waals surface area contributed by atoms with Crippen molar-refractivity contribution in [1.82, 2.24) is 4.90 Å². The fraction of sp³-hybridized carbons (Fsp3) is 1.00. The highest BCUT2D eigenvalue weighted by Gasteiger charge is 2.16. The minimum atomic E-state index is 0.796. The lowest BCUT2D eigenvalue weighted by molar-refractivity contribution is 0.175. The molecule has 2 nitrogen and oxygen atoms in total. The van der Waals surface area contributed by atoms with Crippen LogP contribution in [0.2, 0.25) is 0 Å². The molecule has 0 radical (unpaired) electrons. The molecule has 0 aromatic heterocycles. The van der Waals surface area contributed by atoms with Gasteiger partial charge < -0.3 is 9.64 Å². The van der Waals surface area contributed by atoms with Gasteiger partial charge in [0.2, 0.25) is 0 Å². The Morgan fingerprint density at radius 1 is 1.60 bits per heavy atom.